The molecule has 2 N–H and O–H groups in total. The molecule has 1 aliphatic rings. The van der Waals surface area contributed by atoms with Crippen LogP contribution in [0.4, 0.5) is 8.78 Å². The van der Waals surface area contributed by atoms with Crippen molar-refractivity contribution < 1.29 is 18.6 Å². The van der Waals surface area contributed by atoms with Gasteiger partial charge in [0, 0.05) is 17.7 Å². The zero-order chi connectivity index (χ0) is 13.1. The van der Waals surface area contributed by atoms with Gasteiger partial charge in [0.2, 0.25) is 0 Å². The number of nitrogens with one attached hydrogen (secondary N) is 1. The van der Waals surface area contributed by atoms with Crippen molar-refractivity contribution in [3.05, 3.63) is 23.3 Å². The molecule has 0 amide bonds. The van der Waals surface area contributed by atoms with Gasteiger partial charge in [-0.15, -0.1) is 0 Å². The molecule has 3 nitrogen and oxygen atoms in total. The van der Waals surface area contributed by atoms with Gasteiger partial charge in [0.05, 0.1) is 7.11 Å². The maximum absolute atomic E-state index is 13.7. The molecule has 0 aliphatic carbocycles. The smallest absolute Gasteiger partial charge is 0.197 e. The largest absolute Gasteiger partial charge is 0.504 e. The second-order valence-corrected chi connectivity index (χ2v) is 4.55. The van der Waals surface area contributed by atoms with E-state index in [4.69, 9.17) is 4.74 Å². The molecule has 2 rings (SSSR count). The van der Waals surface area contributed by atoms with Crippen molar-refractivity contribution >= 4 is 0 Å². The van der Waals surface area contributed by atoms with Gasteiger partial charge in [-0.2, -0.15) is 0 Å². The van der Waals surface area contributed by atoms with E-state index in [2.05, 4.69) is 5.32 Å². The van der Waals surface area contributed by atoms with Crippen LogP contribution < -0.4 is 10.1 Å². The molecule has 0 radical (unpaired) electrons. The minimum absolute atomic E-state index is 0.118. The Labute approximate surface area is 105 Å². The fraction of sp³-hybridized carbons (Fsp3) is 0.538. The molecule has 18 heavy (non-hydrogen) atoms. The van der Waals surface area contributed by atoms with Crippen LogP contribution in [-0.2, 0) is 6.42 Å². The van der Waals surface area contributed by atoms with Crippen LogP contribution in [0.2, 0.25) is 0 Å². The Balaban J connectivity index is 2.26. The number of phenolic OH excluding ortho intramolecular Hbond substituents is 1. The number of ether oxygens (including phenoxy) is 1. The Morgan fingerprint density at radius 2 is 2.17 bits per heavy atom. The summed E-state index contributed by atoms with van der Waals surface area (Å²) in [5, 5.41) is 13.1. The minimum atomic E-state index is -0.882. The maximum atomic E-state index is 13.7. The van der Waals surface area contributed by atoms with E-state index in [0.717, 1.165) is 31.9 Å². The molecule has 0 aromatic heterocycles. The standard InChI is InChI=1S/C13H17F2NO2/c1-18-13-11(15)7-10(14)9(12(13)17)6-8-4-2-3-5-16-8/h7-8,16-17H,2-6H2,1H3. The van der Waals surface area contributed by atoms with E-state index in [1.807, 2.05) is 0 Å². The van der Waals surface area contributed by atoms with Crippen molar-refractivity contribution in [3.8, 4) is 11.5 Å². The molecule has 1 aromatic carbocycles. The van der Waals surface area contributed by atoms with Crippen LogP contribution in [0.15, 0.2) is 6.07 Å². The summed E-state index contributed by atoms with van der Waals surface area (Å²) in [6, 6.07) is 0.880. The lowest BCUT2D eigenvalue weighted by atomic mass is 9.96. The quantitative estimate of drug-likeness (QED) is 0.873. The van der Waals surface area contributed by atoms with Crippen molar-refractivity contribution in [1.29, 1.82) is 0 Å². The summed E-state index contributed by atoms with van der Waals surface area (Å²) >= 11 is 0. The van der Waals surface area contributed by atoms with Crippen LogP contribution >= 0.6 is 0 Å². The molecule has 0 saturated carbocycles. The predicted molar refractivity (Wildman–Crippen MR) is 63.9 cm³/mol. The zero-order valence-corrected chi connectivity index (χ0v) is 10.3. The van der Waals surface area contributed by atoms with Crippen LogP contribution in [0, 0.1) is 11.6 Å². The molecule has 1 saturated heterocycles. The van der Waals surface area contributed by atoms with Gasteiger partial charge in [-0.05, 0) is 25.8 Å². The van der Waals surface area contributed by atoms with Gasteiger partial charge >= 0.3 is 0 Å². The van der Waals surface area contributed by atoms with E-state index >= 15 is 0 Å². The number of rotatable bonds is 3. The summed E-state index contributed by atoms with van der Waals surface area (Å²) in [6.07, 6.45) is 3.46. The van der Waals surface area contributed by atoms with Gasteiger partial charge in [-0.1, -0.05) is 6.42 Å². The summed E-state index contributed by atoms with van der Waals surface area (Å²) in [5.41, 5.74) is 0.118. The molecule has 1 unspecified atom stereocenters. The summed E-state index contributed by atoms with van der Waals surface area (Å²) in [4.78, 5) is 0. The van der Waals surface area contributed by atoms with Gasteiger partial charge in [0.15, 0.2) is 17.3 Å². The highest BCUT2D eigenvalue weighted by Gasteiger charge is 2.22. The SMILES string of the molecule is COc1c(F)cc(F)c(CC2CCCCN2)c1O. The van der Waals surface area contributed by atoms with E-state index in [1.165, 1.54) is 7.11 Å². The number of piperidine rings is 1. The number of phenols is 1. The molecular weight excluding hydrogens is 240 g/mol. The molecule has 0 spiro atoms. The molecule has 1 aliphatic heterocycles. The lowest BCUT2D eigenvalue weighted by molar-refractivity contribution is 0.338. The first-order chi connectivity index (χ1) is 8.63. The van der Waals surface area contributed by atoms with Crippen molar-refractivity contribution in [3.63, 3.8) is 0 Å². The second kappa shape index (κ2) is 5.52. The van der Waals surface area contributed by atoms with Gasteiger partial charge in [-0.3, -0.25) is 0 Å². The van der Waals surface area contributed by atoms with Gasteiger partial charge in [0.25, 0.3) is 0 Å². The second-order valence-electron chi connectivity index (χ2n) is 4.55. The minimum Gasteiger partial charge on any atom is -0.504 e. The lowest BCUT2D eigenvalue weighted by Crippen LogP contribution is -2.35. The van der Waals surface area contributed by atoms with Crippen LogP contribution in [0.5, 0.6) is 11.5 Å². The first-order valence-electron chi connectivity index (χ1n) is 6.10. The molecular formula is C13H17F2NO2. The summed E-state index contributed by atoms with van der Waals surface area (Å²) in [5.74, 6) is -2.32. The summed E-state index contributed by atoms with van der Waals surface area (Å²) in [6.45, 7) is 0.894. The van der Waals surface area contributed by atoms with Gasteiger partial charge in [0.1, 0.15) is 5.82 Å². The van der Waals surface area contributed by atoms with Crippen molar-refractivity contribution in [2.45, 2.75) is 31.7 Å². The third-order valence-electron chi connectivity index (χ3n) is 3.33. The number of halogens is 2. The van der Waals surface area contributed by atoms with E-state index in [-0.39, 0.29) is 17.4 Å². The molecule has 5 heteroatoms. The van der Waals surface area contributed by atoms with Crippen LogP contribution in [-0.4, -0.2) is 24.8 Å². The van der Waals surface area contributed by atoms with E-state index < -0.39 is 17.4 Å². The van der Waals surface area contributed by atoms with Gasteiger partial charge < -0.3 is 15.2 Å². The highest BCUT2D eigenvalue weighted by atomic mass is 19.1. The van der Waals surface area contributed by atoms with Gasteiger partial charge in [-0.25, -0.2) is 8.78 Å². The van der Waals surface area contributed by atoms with E-state index in [0.29, 0.717) is 6.42 Å². The first kappa shape index (κ1) is 13.1. The number of hydrogen-bond donors (Lipinski definition) is 2. The van der Waals surface area contributed by atoms with Crippen LogP contribution in [0.3, 0.4) is 0 Å². The normalized spacial score (nSPS) is 19.8. The molecule has 100 valence electrons. The Kier molecular flexibility index (Phi) is 4.01. The predicted octanol–water partition coefficient (Wildman–Crippen LogP) is 2.36. The maximum Gasteiger partial charge on any atom is 0.197 e. The molecule has 1 atom stereocenters. The van der Waals surface area contributed by atoms with Crippen molar-refractivity contribution in [2.75, 3.05) is 13.7 Å². The van der Waals surface area contributed by atoms with E-state index in [9.17, 15) is 13.9 Å². The topological polar surface area (TPSA) is 41.5 Å². The lowest BCUT2D eigenvalue weighted by Gasteiger charge is -2.24. The average molecular weight is 257 g/mol. The monoisotopic (exact) mass is 257 g/mol. The van der Waals surface area contributed by atoms with Crippen LogP contribution in [0.25, 0.3) is 0 Å². The Bertz CT molecular complexity index is 431. The van der Waals surface area contributed by atoms with Crippen molar-refractivity contribution in [1.82, 2.24) is 5.32 Å². The van der Waals surface area contributed by atoms with Crippen LogP contribution in [0.1, 0.15) is 24.8 Å². The average Bonchev–Trinajstić information content (AvgIpc) is 2.36. The fourth-order valence-electron chi connectivity index (χ4n) is 2.36. The molecule has 1 heterocycles. The van der Waals surface area contributed by atoms with E-state index in [1.54, 1.807) is 0 Å². The third kappa shape index (κ3) is 2.56. The fourth-order valence-corrected chi connectivity index (χ4v) is 2.36. The molecule has 0 bridgehead atoms. The number of hydrogen-bond acceptors (Lipinski definition) is 3. The molecule has 1 aromatic rings. The van der Waals surface area contributed by atoms with Crippen molar-refractivity contribution in [2.24, 2.45) is 0 Å². The Morgan fingerprint density at radius 3 is 2.78 bits per heavy atom. The highest BCUT2D eigenvalue weighted by molar-refractivity contribution is 5.47. The number of aromatic hydroxyl groups is 1. The third-order valence-corrected chi connectivity index (χ3v) is 3.33. The molecule has 1 fully saturated rings. The first-order valence-corrected chi connectivity index (χ1v) is 6.10. The Hall–Kier alpha value is -1.36. The highest BCUT2D eigenvalue weighted by Crippen LogP contribution is 2.35. The number of methoxy groups -OCH3 is 1. The summed E-state index contributed by atoms with van der Waals surface area (Å²) in [7, 11) is 1.25. The zero-order valence-electron chi connectivity index (χ0n) is 10.3. The number of benzene rings is 1. The summed E-state index contributed by atoms with van der Waals surface area (Å²) < 4.78 is 31.8. The Morgan fingerprint density at radius 1 is 1.39 bits per heavy atom.